The van der Waals surface area contributed by atoms with Crippen LogP contribution in [0.5, 0.6) is 5.75 Å². The molecule has 1 aromatic heterocycles. The Balaban J connectivity index is 1.16. The van der Waals surface area contributed by atoms with Gasteiger partial charge in [0.15, 0.2) is 6.61 Å². The second-order valence-corrected chi connectivity index (χ2v) is 15.0. The number of benzene rings is 2. The van der Waals surface area contributed by atoms with Crippen LogP contribution in [-0.2, 0) is 19.1 Å². The number of hydrogen-bond acceptors (Lipinski definition) is 8. The van der Waals surface area contributed by atoms with Gasteiger partial charge in [-0.15, -0.1) is 11.8 Å². The second-order valence-electron chi connectivity index (χ2n) is 11.9. The van der Waals surface area contributed by atoms with Crippen molar-refractivity contribution in [3.05, 3.63) is 72.6 Å². The normalized spacial score (nSPS) is 30.4. The molecule has 3 aromatic rings. The maximum Gasteiger partial charge on any atom is 0.305 e. The molecule has 0 radical (unpaired) electrons. The summed E-state index contributed by atoms with van der Waals surface area (Å²) in [6.07, 6.45) is 0.756. The molecule has 7 atom stereocenters. The van der Waals surface area contributed by atoms with E-state index < -0.39 is 11.8 Å². The van der Waals surface area contributed by atoms with Gasteiger partial charge in [-0.05, 0) is 66.6 Å². The fourth-order valence-electron chi connectivity index (χ4n) is 8.15. The first-order valence-corrected chi connectivity index (χ1v) is 17.1. The lowest BCUT2D eigenvalue weighted by atomic mass is 9.68. The number of aromatic amines is 1. The van der Waals surface area contributed by atoms with E-state index in [4.69, 9.17) is 32.7 Å². The summed E-state index contributed by atoms with van der Waals surface area (Å²) in [6.45, 7) is 1.89. The van der Waals surface area contributed by atoms with Gasteiger partial charge in [-0.2, -0.15) is 0 Å². The summed E-state index contributed by atoms with van der Waals surface area (Å²) >= 11 is 15.4. The summed E-state index contributed by atoms with van der Waals surface area (Å²) in [7, 11) is 0. The molecule has 4 heterocycles. The molecule has 2 saturated carbocycles. The Morgan fingerprint density at radius 1 is 0.977 bits per heavy atom. The van der Waals surface area contributed by atoms with Crippen molar-refractivity contribution in [2.24, 2.45) is 29.6 Å². The molecule has 2 saturated heterocycles. The third-order valence-electron chi connectivity index (χ3n) is 9.83. The SMILES string of the molecule is O=C(COc1ccc(Cl)cc1[C@H]1c2sc(=O)[nH]c2SC2C1[C@H]1C[C@@H]2C2C(=O)N(c3ccc(Cl)cc3)C(=O)C21)N1CCOCC1. The molecule has 0 spiro atoms. The summed E-state index contributed by atoms with van der Waals surface area (Å²) in [5.74, 6) is -1.24. The largest absolute Gasteiger partial charge is 0.483 e. The van der Waals surface area contributed by atoms with Crippen LogP contribution in [0, 0.1) is 29.6 Å². The number of morpholine rings is 1. The van der Waals surface area contributed by atoms with Crippen molar-refractivity contribution >= 4 is 69.7 Å². The molecule has 13 heteroatoms. The zero-order chi connectivity index (χ0) is 30.3. The number of rotatable bonds is 5. The maximum absolute atomic E-state index is 14.0. The molecule has 3 amide bonds. The molecule has 228 valence electrons. The summed E-state index contributed by atoms with van der Waals surface area (Å²) in [4.78, 5) is 60.3. The second kappa shape index (κ2) is 10.9. The fraction of sp³-hybridized carbons (Fsp3) is 0.419. The van der Waals surface area contributed by atoms with Gasteiger partial charge in [0.1, 0.15) is 5.75 Å². The number of carbonyl (C=O) groups excluding carboxylic acids is 3. The molecule has 2 bridgehead atoms. The Bertz CT molecular complexity index is 1740. The van der Waals surface area contributed by atoms with Gasteiger partial charge in [-0.25, -0.2) is 0 Å². The third-order valence-corrected chi connectivity index (χ3v) is 12.9. The molecular formula is C31H27Cl2N3O6S2. The van der Waals surface area contributed by atoms with Crippen LogP contribution < -0.4 is 14.5 Å². The number of amides is 3. The molecule has 9 nitrogen and oxygen atoms in total. The minimum Gasteiger partial charge on any atom is -0.483 e. The number of aromatic nitrogens is 1. The zero-order valence-corrected chi connectivity index (χ0v) is 26.4. The number of halogens is 2. The van der Waals surface area contributed by atoms with E-state index in [-0.39, 0.29) is 58.1 Å². The van der Waals surface area contributed by atoms with Gasteiger partial charge in [0, 0.05) is 44.7 Å². The minimum atomic E-state index is -0.448. The van der Waals surface area contributed by atoms with Crippen molar-refractivity contribution in [1.82, 2.24) is 9.88 Å². The minimum absolute atomic E-state index is 0.00716. The maximum atomic E-state index is 14.0. The van der Waals surface area contributed by atoms with Gasteiger partial charge < -0.3 is 19.4 Å². The van der Waals surface area contributed by atoms with Crippen LogP contribution in [0.3, 0.4) is 0 Å². The topological polar surface area (TPSA) is 109 Å². The van der Waals surface area contributed by atoms with Gasteiger partial charge in [0.25, 0.3) is 5.91 Å². The predicted molar refractivity (Wildman–Crippen MR) is 167 cm³/mol. The van der Waals surface area contributed by atoms with Gasteiger partial charge in [0.05, 0.1) is 35.8 Å². The standard InChI is InChI=1S/C31H27Cl2N3O6S2/c32-14-1-4-16(5-2-14)36-29(38)24-18-12-19(25(24)30(36)39)26-23(18)22(27-28(43-26)34-31(40)44-27)17-11-15(33)3-6-20(17)42-13-21(37)35-7-9-41-10-8-35/h1-6,11,18-19,22-26H,7-10,12-13H2,(H,34,40)/t18-,19-,22-,23?,24?,25?,26?/m1/s1. The number of carbonyl (C=O) groups is 3. The number of anilines is 1. The number of fused-ring (bicyclic) bond motifs is 9. The highest BCUT2D eigenvalue weighted by Crippen LogP contribution is 2.69. The number of thiazole rings is 1. The van der Waals surface area contributed by atoms with Crippen molar-refractivity contribution in [3.63, 3.8) is 0 Å². The quantitative estimate of drug-likeness (QED) is 0.393. The average Bonchev–Trinajstić information content (AvgIpc) is 3.76. The lowest BCUT2D eigenvalue weighted by Gasteiger charge is -2.43. The Morgan fingerprint density at radius 2 is 1.68 bits per heavy atom. The molecule has 44 heavy (non-hydrogen) atoms. The highest BCUT2D eigenvalue weighted by molar-refractivity contribution is 8.00. The van der Waals surface area contributed by atoms with Crippen molar-refractivity contribution in [2.75, 3.05) is 37.8 Å². The van der Waals surface area contributed by atoms with Gasteiger partial charge in [-0.1, -0.05) is 34.5 Å². The van der Waals surface area contributed by atoms with E-state index in [1.165, 1.54) is 4.90 Å². The zero-order valence-electron chi connectivity index (χ0n) is 23.2. The lowest BCUT2D eigenvalue weighted by molar-refractivity contribution is -0.137. The van der Waals surface area contributed by atoms with Crippen molar-refractivity contribution in [1.29, 1.82) is 0 Å². The average molecular weight is 673 g/mol. The summed E-state index contributed by atoms with van der Waals surface area (Å²) in [6, 6.07) is 12.2. The predicted octanol–water partition coefficient (Wildman–Crippen LogP) is 4.66. The molecule has 5 aliphatic rings. The van der Waals surface area contributed by atoms with Crippen LogP contribution in [0.25, 0.3) is 0 Å². The van der Waals surface area contributed by atoms with Gasteiger partial charge in [0.2, 0.25) is 11.8 Å². The molecule has 8 rings (SSSR count). The Kier molecular flexibility index (Phi) is 7.10. The molecule has 4 fully saturated rings. The fourth-order valence-corrected chi connectivity index (χ4v) is 11.3. The van der Waals surface area contributed by atoms with Crippen molar-refractivity contribution < 1.29 is 23.9 Å². The van der Waals surface area contributed by atoms with Crippen LogP contribution >= 0.6 is 46.3 Å². The highest BCUT2D eigenvalue weighted by Gasteiger charge is 2.69. The number of nitrogens with one attached hydrogen (secondary N) is 1. The van der Waals surface area contributed by atoms with E-state index in [9.17, 15) is 19.2 Å². The Hall–Kier alpha value is -2.83. The molecule has 1 N–H and O–H groups in total. The van der Waals surface area contributed by atoms with E-state index >= 15 is 0 Å². The van der Waals surface area contributed by atoms with Crippen molar-refractivity contribution in [3.8, 4) is 5.75 Å². The van der Waals surface area contributed by atoms with Crippen LogP contribution in [0.2, 0.25) is 10.0 Å². The molecule has 4 unspecified atom stereocenters. The van der Waals surface area contributed by atoms with E-state index in [2.05, 4.69) is 4.98 Å². The van der Waals surface area contributed by atoms with E-state index in [1.807, 2.05) is 6.07 Å². The van der Waals surface area contributed by atoms with Crippen LogP contribution in [0.4, 0.5) is 5.69 Å². The Labute approximate surface area is 270 Å². The first-order valence-electron chi connectivity index (χ1n) is 14.6. The number of thioether (sulfide) groups is 1. The summed E-state index contributed by atoms with van der Waals surface area (Å²) in [5, 5.41) is 1.84. The molecule has 2 aromatic carbocycles. The van der Waals surface area contributed by atoms with Crippen LogP contribution in [0.1, 0.15) is 22.8 Å². The van der Waals surface area contributed by atoms with E-state index in [1.54, 1.807) is 53.1 Å². The smallest absolute Gasteiger partial charge is 0.305 e. The molecular weight excluding hydrogens is 645 g/mol. The summed E-state index contributed by atoms with van der Waals surface area (Å²) < 4.78 is 11.6. The highest BCUT2D eigenvalue weighted by atomic mass is 35.5. The van der Waals surface area contributed by atoms with Crippen molar-refractivity contribution in [2.45, 2.75) is 22.6 Å². The number of imide groups is 1. The van der Waals surface area contributed by atoms with E-state index in [0.29, 0.717) is 47.8 Å². The monoisotopic (exact) mass is 671 g/mol. The van der Waals surface area contributed by atoms with Crippen LogP contribution in [0.15, 0.2) is 52.3 Å². The number of hydrogen-bond donors (Lipinski definition) is 1. The first-order chi connectivity index (χ1) is 21.3. The Morgan fingerprint density at radius 3 is 2.43 bits per heavy atom. The first kappa shape index (κ1) is 28.6. The lowest BCUT2D eigenvalue weighted by Crippen LogP contribution is -2.43. The van der Waals surface area contributed by atoms with Gasteiger partial charge >= 0.3 is 4.87 Å². The number of ether oxygens (including phenoxy) is 2. The summed E-state index contributed by atoms with van der Waals surface area (Å²) in [5.41, 5.74) is 1.32. The van der Waals surface area contributed by atoms with Crippen LogP contribution in [-0.4, -0.2) is 65.8 Å². The third kappa shape index (κ3) is 4.46. The number of H-pyrrole nitrogens is 1. The van der Waals surface area contributed by atoms with E-state index in [0.717, 1.165) is 33.2 Å². The molecule has 2 aliphatic carbocycles. The number of nitrogens with zero attached hydrogens (tertiary/aromatic N) is 2. The molecule has 3 aliphatic heterocycles. The van der Waals surface area contributed by atoms with Gasteiger partial charge in [-0.3, -0.25) is 24.1 Å².